The maximum absolute atomic E-state index is 12.5. The smallest absolute Gasteiger partial charge is 0.257 e. The van der Waals surface area contributed by atoms with Gasteiger partial charge in [0, 0.05) is 37.6 Å². The van der Waals surface area contributed by atoms with Crippen LogP contribution in [0.5, 0.6) is 0 Å². The lowest BCUT2D eigenvalue weighted by Gasteiger charge is -2.26. The van der Waals surface area contributed by atoms with Crippen molar-refractivity contribution in [3.8, 4) is 0 Å². The first-order chi connectivity index (χ1) is 10.5. The molecule has 0 saturated carbocycles. The normalized spacial score (nSPS) is 18.3. The van der Waals surface area contributed by atoms with Crippen LogP contribution < -0.4 is 5.32 Å². The minimum Gasteiger partial charge on any atom is -0.352 e. The molecule has 0 spiro atoms. The summed E-state index contributed by atoms with van der Waals surface area (Å²) in [6, 6.07) is 0.747. The van der Waals surface area contributed by atoms with Gasteiger partial charge in [0.25, 0.3) is 5.91 Å². The van der Waals surface area contributed by atoms with Gasteiger partial charge in [-0.1, -0.05) is 13.8 Å². The zero-order valence-electron chi connectivity index (χ0n) is 14.0. The van der Waals surface area contributed by atoms with Crippen LogP contribution in [0.3, 0.4) is 0 Å². The summed E-state index contributed by atoms with van der Waals surface area (Å²) in [5.74, 6) is 0.597. The molecule has 1 amide bonds. The second-order valence-corrected chi connectivity index (χ2v) is 6.01. The fraction of sp³-hybridized carbons (Fsp3) is 0.688. The average molecular weight is 305 g/mol. The Balaban J connectivity index is 1.97. The van der Waals surface area contributed by atoms with Crippen LogP contribution >= 0.6 is 0 Å². The van der Waals surface area contributed by atoms with Crippen molar-refractivity contribution in [2.75, 3.05) is 31.5 Å². The topological polar surface area (TPSA) is 61.4 Å². The van der Waals surface area contributed by atoms with E-state index in [1.807, 2.05) is 18.7 Å². The summed E-state index contributed by atoms with van der Waals surface area (Å²) in [5.41, 5.74) is 0.564. The molecule has 0 aromatic carbocycles. The first kappa shape index (κ1) is 16.7. The molecule has 6 heteroatoms. The number of hydrogen-bond donors (Lipinski definition) is 1. The van der Waals surface area contributed by atoms with Crippen molar-refractivity contribution >= 4 is 11.9 Å². The van der Waals surface area contributed by atoms with Crippen LogP contribution in [-0.4, -0.2) is 63.9 Å². The number of carbonyl (C=O) groups is 1. The highest BCUT2D eigenvalue weighted by molar-refractivity contribution is 5.93. The molecule has 1 atom stereocenters. The lowest BCUT2D eigenvalue weighted by Crippen LogP contribution is -2.38. The maximum atomic E-state index is 12.5. The van der Waals surface area contributed by atoms with Gasteiger partial charge in [0.15, 0.2) is 0 Å². The van der Waals surface area contributed by atoms with E-state index in [0.29, 0.717) is 17.6 Å². The number of nitrogens with one attached hydrogen (secondary N) is 1. The SMILES string of the molecule is CCN(CC)C1CCN(C(=O)c2cnc(NC(C)C)nc2)C1. The summed E-state index contributed by atoms with van der Waals surface area (Å²) in [4.78, 5) is 25.3. The second-order valence-electron chi connectivity index (χ2n) is 6.01. The molecule has 1 aromatic rings. The Morgan fingerprint density at radius 3 is 2.55 bits per heavy atom. The molecule has 1 aliphatic heterocycles. The molecule has 22 heavy (non-hydrogen) atoms. The van der Waals surface area contributed by atoms with E-state index < -0.39 is 0 Å². The number of aromatic nitrogens is 2. The van der Waals surface area contributed by atoms with Crippen LogP contribution in [0.15, 0.2) is 12.4 Å². The molecule has 1 fully saturated rings. The van der Waals surface area contributed by atoms with Gasteiger partial charge in [-0.05, 0) is 33.4 Å². The van der Waals surface area contributed by atoms with Gasteiger partial charge in [-0.25, -0.2) is 9.97 Å². The van der Waals surface area contributed by atoms with Crippen LogP contribution in [0.2, 0.25) is 0 Å². The Morgan fingerprint density at radius 2 is 2.00 bits per heavy atom. The van der Waals surface area contributed by atoms with Crippen LogP contribution in [0.25, 0.3) is 0 Å². The Hall–Kier alpha value is -1.69. The lowest BCUT2D eigenvalue weighted by atomic mass is 10.2. The maximum Gasteiger partial charge on any atom is 0.257 e. The Kier molecular flexibility index (Phi) is 5.71. The first-order valence-corrected chi connectivity index (χ1v) is 8.17. The number of amides is 1. The van der Waals surface area contributed by atoms with E-state index in [-0.39, 0.29) is 11.9 Å². The molecule has 1 unspecified atom stereocenters. The molecule has 2 rings (SSSR count). The monoisotopic (exact) mass is 305 g/mol. The van der Waals surface area contributed by atoms with Crippen LogP contribution in [0.1, 0.15) is 44.5 Å². The van der Waals surface area contributed by atoms with Crippen molar-refractivity contribution in [2.24, 2.45) is 0 Å². The molecule has 6 nitrogen and oxygen atoms in total. The highest BCUT2D eigenvalue weighted by atomic mass is 16.2. The molecule has 1 aromatic heterocycles. The van der Waals surface area contributed by atoms with Gasteiger partial charge >= 0.3 is 0 Å². The Morgan fingerprint density at radius 1 is 1.36 bits per heavy atom. The minimum atomic E-state index is 0.0331. The number of likely N-dealkylation sites (N-methyl/N-ethyl adjacent to an activating group) is 1. The highest BCUT2D eigenvalue weighted by Crippen LogP contribution is 2.17. The predicted molar refractivity (Wildman–Crippen MR) is 88.0 cm³/mol. The van der Waals surface area contributed by atoms with Crippen molar-refractivity contribution in [1.82, 2.24) is 19.8 Å². The van der Waals surface area contributed by atoms with E-state index in [9.17, 15) is 4.79 Å². The summed E-state index contributed by atoms with van der Waals surface area (Å²) < 4.78 is 0. The van der Waals surface area contributed by atoms with Gasteiger partial charge < -0.3 is 10.2 Å². The zero-order valence-corrected chi connectivity index (χ0v) is 14.0. The van der Waals surface area contributed by atoms with E-state index in [1.165, 1.54) is 0 Å². The Bertz CT molecular complexity index is 484. The quantitative estimate of drug-likeness (QED) is 0.869. The van der Waals surface area contributed by atoms with E-state index in [4.69, 9.17) is 0 Å². The van der Waals surface area contributed by atoms with E-state index in [0.717, 1.165) is 32.6 Å². The van der Waals surface area contributed by atoms with E-state index in [1.54, 1.807) is 12.4 Å². The molecular weight excluding hydrogens is 278 g/mol. The van der Waals surface area contributed by atoms with Crippen molar-refractivity contribution in [2.45, 2.75) is 46.2 Å². The van der Waals surface area contributed by atoms with E-state index >= 15 is 0 Å². The van der Waals surface area contributed by atoms with E-state index in [2.05, 4.69) is 34.0 Å². The van der Waals surface area contributed by atoms with Gasteiger partial charge in [-0.15, -0.1) is 0 Å². The minimum absolute atomic E-state index is 0.0331. The van der Waals surface area contributed by atoms with Gasteiger partial charge in [-0.2, -0.15) is 0 Å². The summed E-state index contributed by atoms with van der Waals surface area (Å²) in [6.45, 7) is 12.1. The zero-order chi connectivity index (χ0) is 16.1. The van der Waals surface area contributed by atoms with Crippen LogP contribution in [-0.2, 0) is 0 Å². The molecule has 1 saturated heterocycles. The van der Waals surface area contributed by atoms with Crippen molar-refractivity contribution in [3.05, 3.63) is 18.0 Å². The highest BCUT2D eigenvalue weighted by Gasteiger charge is 2.29. The largest absolute Gasteiger partial charge is 0.352 e. The van der Waals surface area contributed by atoms with Gasteiger partial charge in [0.1, 0.15) is 0 Å². The van der Waals surface area contributed by atoms with Gasteiger partial charge in [0.05, 0.1) is 5.56 Å². The third-order valence-corrected chi connectivity index (χ3v) is 4.10. The summed E-state index contributed by atoms with van der Waals surface area (Å²) in [7, 11) is 0. The molecule has 0 aliphatic carbocycles. The predicted octanol–water partition coefficient (Wildman–Crippen LogP) is 1.85. The van der Waals surface area contributed by atoms with Crippen LogP contribution in [0, 0.1) is 0 Å². The number of nitrogens with zero attached hydrogens (tertiary/aromatic N) is 4. The number of hydrogen-bond acceptors (Lipinski definition) is 5. The molecule has 1 N–H and O–H groups in total. The van der Waals surface area contributed by atoms with Crippen molar-refractivity contribution in [1.29, 1.82) is 0 Å². The molecule has 0 radical (unpaired) electrons. The molecule has 122 valence electrons. The third-order valence-electron chi connectivity index (χ3n) is 4.10. The summed E-state index contributed by atoms with van der Waals surface area (Å²) in [5, 5.41) is 3.12. The fourth-order valence-electron chi connectivity index (χ4n) is 2.92. The fourth-order valence-corrected chi connectivity index (χ4v) is 2.92. The number of likely N-dealkylation sites (tertiary alicyclic amines) is 1. The molecule has 1 aliphatic rings. The standard InChI is InChI=1S/C16H27N5O/c1-5-20(6-2)14-7-8-21(11-14)15(22)13-9-17-16(18-10-13)19-12(3)4/h9-10,12,14H,5-8,11H2,1-4H3,(H,17,18,19). The number of carbonyl (C=O) groups excluding carboxylic acids is 1. The lowest BCUT2D eigenvalue weighted by molar-refractivity contribution is 0.0777. The number of rotatable bonds is 6. The van der Waals surface area contributed by atoms with Gasteiger partial charge in [-0.3, -0.25) is 9.69 Å². The van der Waals surface area contributed by atoms with Gasteiger partial charge in [0.2, 0.25) is 5.95 Å². The molecular formula is C16H27N5O. The van der Waals surface area contributed by atoms with Crippen LogP contribution in [0.4, 0.5) is 5.95 Å². The summed E-state index contributed by atoms with van der Waals surface area (Å²) >= 11 is 0. The second kappa shape index (κ2) is 7.54. The Labute approximate surface area is 132 Å². The van der Waals surface area contributed by atoms with Crippen molar-refractivity contribution < 1.29 is 4.79 Å². The third kappa shape index (κ3) is 3.94. The molecule has 2 heterocycles. The van der Waals surface area contributed by atoms with Crippen molar-refractivity contribution in [3.63, 3.8) is 0 Å². The number of anilines is 1. The first-order valence-electron chi connectivity index (χ1n) is 8.17. The molecule has 0 bridgehead atoms. The summed E-state index contributed by atoms with van der Waals surface area (Å²) in [6.07, 6.45) is 4.27. The average Bonchev–Trinajstić information content (AvgIpc) is 2.98.